The van der Waals surface area contributed by atoms with Gasteiger partial charge >= 0.3 is 5.69 Å². The van der Waals surface area contributed by atoms with E-state index < -0.39 is 4.92 Å². The quantitative estimate of drug-likeness (QED) is 0.360. The summed E-state index contributed by atoms with van der Waals surface area (Å²) in [5.74, 6) is 0.837. The molecule has 0 aromatic heterocycles. The first-order valence-corrected chi connectivity index (χ1v) is 7.75. The third-order valence-electron chi connectivity index (χ3n) is 2.71. The van der Waals surface area contributed by atoms with Crippen molar-refractivity contribution in [3.05, 3.63) is 54.1 Å². The average molecular weight is 464 g/mol. The van der Waals surface area contributed by atoms with Crippen LogP contribution in [-0.4, -0.2) is 12.0 Å². The van der Waals surface area contributed by atoms with Crippen LogP contribution in [0, 0.1) is 20.6 Å². The van der Waals surface area contributed by atoms with E-state index in [1.54, 1.807) is 12.1 Å². The minimum Gasteiger partial charge on any atom is -0.490 e. The average Bonchev–Trinajstić information content (AvgIpc) is 2.40. The molecule has 5 nitrogen and oxygen atoms in total. The van der Waals surface area contributed by atoms with Gasteiger partial charge in [-0.2, -0.15) is 0 Å². The van der Waals surface area contributed by atoms with Crippen molar-refractivity contribution in [1.82, 2.24) is 0 Å². The number of methoxy groups -OCH3 is 1. The van der Waals surface area contributed by atoms with Crippen LogP contribution in [0.4, 0.5) is 5.69 Å². The molecule has 0 saturated carbocycles. The highest BCUT2D eigenvalue weighted by atomic mass is 127. The topological polar surface area (TPSA) is 61.6 Å². The van der Waals surface area contributed by atoms with E-state index in [9.17, 15) is 10.1 Å². The molecular weight excluding hydrogens is 453 g/mol. The second-order valence-electron chi connectivity index (χ2n) is 4.25. The third kappa shape index (κ3) is 3.65. The lowest BCUT2D eigenvalue weighted by Gasteiger charge is -2.11. The SMILES string of the molecule is COc1cc(Br)cc(Oc2ccc(C)cc2I)c1[N+](=O)[O-]. The number of nitro groups is 1. The van der Waals surface area contributed by atoms with E-state index in [2.05, 4.69) is 38.5 Å². The van der Waals surface area contributed by atoms with E-state index in [-0.39, 0.29) is 17.2 Å². The van der Waals surface area contributed by atoms with Crippen LogP contribution < -0.4 is 9.47 Å². The molecule has 0 amide bonds. The maximum Gasteiger partial charge on any atom is 0.353 e. The maximum absolute atomic E-state index is 11.3. The molecular formula is C14H11BrINO4. The molecule has 110 valence electrons. The van der Waals surface area contributed by atoms with E-state index in [0.29, 0.717) is 10.2 Å². The first-order valence-electron chi connectivity index (χ1n) is 5.88. The van der Waals surface area contributed by atoms with Crippen LogP contribution in [0.25, 0.3) is 0 Å². The summed E-state index contributed by atoms with van der Waals surface area (Å²) in [4.78, 5) is 10.8. The van der Waals surface area contributed by atoms with Crippen LogP contribution in [-0.2, 0) is 0 Å². The highest BCUT2D eigenvalue weighted by Gasteiger charge is 2.24. The van der Waals surface area contributed by atoms with Gasteiger partial charge in [0.1, 0.15) is 5.75 Å². The molecule has 0 radical (unpaired) electrons. The lowest BCUT2D eigenvalue weighted by molar-refractivity contribution is -0.386. The molecule has 0 bridgehead atoms. The number of ether oxygens (including phenoxy) is 2. The third-order valence-corrected chi connectivity index (χ3v) is 4.02. The summed E-state index contributed by atoms with van der Waals surface area (Å²) in [5, 5.41) is 11.3. The van der Waals surface area contributed by atoms with E-state index in [1.165, 1.54) is 13.2 Å². The molecule has 7 heteroatoms. The van der Waals surface area contributed by atoms with Gasteiger partial charge < -0.3 is 9.47 Å². The molecule has 0 saturated heterocycles. The Morgan fingerprint density at radius 3 is 2.43 bits per heavy atom. The normalized spacial score (nSPS) is 10.3. The number of hydrogen-bond donors (Lipinski definition) is 0. The smallest absolute Gasteiger partial charge is 0.353 e. The number of nitro benzene ring substituents is 1. The zero-order chi connectivity index (χ0) is 15.6. The summed E-state index contributed by atoms with van der Waals surface area (Å²) in [5.41, 5.74) is 0.894. The van der Waals surface area contributed by atoms with Crippen molar-refractivity contribution in [2.45, 2.75) is 6.92 Å². The van der Waals surface area contributed by atoms with Gasteiger partial charge in [-0.3, -0.25) is 10.1 Å². The molecule has 0 fully saturated rings. The Balaban J connectivity index is 2.52. The second-order valence-corrected chi connectivity index (χ2v) is 6.33. The Morgan fingerprint density at radius 1 is 1.19 bits per heavy atom. The molecule has 2 aromatic rings. The van der Waals surface area contributed by atoms with Gasteiger partial charge in [0, 0.05) is 16.6 Å². The summed E-state index contributed by atoms with van der Waals surface area (Å²) < 4.78 is 12.3. The molecule has 0 aliphatic carbocycles. The molecule has 0 aliphatic rings. The van der Waals surface area contributed by atoms with Crippen molar-refractivity contribution in [2.24, 2.45) is 0 Å². The molecule has 2 aromatic carbocycles. The standard InChI is InChI=1S/C14H11BrINO4/c1-8-3-4-11(10(16)5-8)21-13-7-9(15)6-12(20-2)14(13)17(18)19/h3-7H,1-2H3. The molecule has 0 unspecified atom stereocenters. The van der Waals surface area contributed by atoms with Crippen molar-refractivity contribution >= 4 is 44.2 Å². The Bertz CT molecular complexity index is 706. The number of benzene rings is 2. The van der Waals surface area contributed by atoms with Gasteiger partial charge in [-0.05, 0) is 47.2 Å². The van der Waals surface area contributed by atoms with E-state index in [1.807, 2.05) is 19.1 Å². The molecule has 0 atom stereocenters. The molecule has 2 rings (SSSR count). The Labute approximate surface area is 143 Å². The molecule has 0 aliphatic heterocycles. The first-order chi connectivity index (χ1) is 9.92. The number of nitrogens with zero attached hydrogens (tertiary/aromatic N) is 1. The fourth-order valence-electron chi connectivity index (χ4n) is 1.77. The van der Waals surface area contributed by atoms with Crippen molar-refractivity contribution < 1.29 is 14.4 Å². The minimum atomic E-state index is -0.512. The lowest BCUT2D eigenvalue weighted by atomic mass is 10.2. The fraction of sp³-hybridized carbons (Fsp3) is 0.143. The van der Waals surface area contributed by atoms with Gasteiger partial charge in [0.2, 0.25) is 11.5 Å². The number of hydrogen-bond acceptors (Lipinski definition) is 4. The van der Waals surface area contributed by atoms with E-state index >= 15 is 0 Å². The van der Waals surface area contributed by atoms with Crippen molar-refractivity contribution in [2.75, 3.05) is 7.11 Å². The van der Waals surface area contributed by atoms with Crippen LogP contribution >= 0.6 is 38.5 Å². The van der Waals surface area contributed by atoms with Crippen molar-refractivity contribution in [1.29, 1.82) is 0 Å². The molecule has 0 N–H and O–H groups in total. The van der Waals surface area contributed by atoms with Gasteiger partial charge in [0.05, 0.1) is 15.6 Å². The van der Waals surface area contributed by atoms with Gasteiger partial charge in [-0.1, -0.05) is 22.0 Å². The van der Waals surface area contributed by atoms with Crippen LogP contribution in [0.15, 0.2) is 34.8 Å². The number of rotatable bonds is 4. The molecule has 0 heterocycles. The van der Waals surface area contributed by atoms with Crippen molar-refractivity contribution in [3.8, 4) is 17.2 Å². The summed E-state index contributed by atoms with van der Waals surface area (Å²) >= 11 is 5.43. The Hall–Kier alpha value is -1.35. The van der Waals surface area contributed by atoms with Gasteiger partial charge in [-0.25, -0.2) is 0 Å². The van der Waals surface area contributed by atoms with E-state index in [4.69, 9.17) is 9.47 Å². The zero-order valence-corrected chi connectivity index (χ0v) is 15.0. The Kier molecular flexibility index (Phi) is 5.04. The zero-order valence-electron chi connectivity index (χ0n) is 11.2. The predicted molar refractivity (Wildman–Crippen MR) is 91.3 cm³/mol. The summed E-state index contributed by atoms with van der Waals surface area (Å²) in [7, 11) is 1.38. The van der Waals surface area contributed by atoms with Crippen molar-refractivity contribution in [3.63, 3.8) is 0 Å². The van der Waals surface area contributed by atoms with Crippen LogP contribution in [0.3, 0.4) is 0 Å². The highest BCUT2D eigenvalue weighted by molar-refractivity contribution is 14.1. The van der Waals surface area contributed by atoms with Gasteiger partial charge in [0.15, 0.2) is 0 Å². The summed E-state index contributed by atoms with van der Waals surface area (Å²) in [6.45, 7) is 1.97. The van der Waals surface area contributed by atoms with Crippen LogP contribution in [0.1, 0.15) is 5.56 Å². The van der Waals surface area contributed by atoms with Gasteiger partial charge in [-0.15, -0.1) is 0 Å². The summed E-state index contributed by atoms with van der Waals surface area (Å²) in [6.07, 6.45) is 0. The second kappa shape index (κ2) is 6.61. The molecule has 0 spiro atoms. The summed E-state index contributed by atoms with van der Waals surface area (Å²) in [6, 6.07) is 8.70. The fourth-order valence-corrected chi connectivity index (χ4v) is 2.97. The molecule has 21 heavy (non-hydrogen) atoms. The van der Waals surface area contributed by atoms with Crippen LogP contribution in [0.2, 0.25) is 0 Å². The lowest BCUT2D eigenvalue weighted by Crippen LogP contribution is -1.98. The highest BCUT2D eigenvalue weighted by Crippen LogP contribution is 2.42. The van der Waals surface area contributed by atoms with Crippen LogP contribution in [0.5, 0.6) is 17.2 Å². The predicted octanol–water partition coefficient (Wildman–Crippen LogP) is 5.07. The van der Waals surface area contributed by atoms with E-state index in [0.717, 1.165) is 9.13 Å². The minimum absolute atomic E-state index is 0.132. The van der Waals surface area contributed by atoms with Gasteiger partial charge in [0.25, 0.3) is 0 Å². The number of aryl methyl sites for hydroxylation is 1. The monoisotopic (exact) mass is 463 g/mol. The Morgan fingerprint density at radius 2 is 1.86 bits per heavy atom. The first kappa shape index (κ1) is 16.0. The maximum atomic E-state index is 11.3. The number of halogens is 2. The largest absolute Gasteiger partial charge is 0.490 e.